The van der Waals surface area contributed by atoms with Crippen LogP contribution in [0, 0.1) is 24.5 Å². The fourth-order valence-corrected chi connectivity index (χ4v) is 2.62. The maximum atomic E-state index is 13.3. The van der Waals surface area contributed by atoms with Gasteiger partial charge in [0.2, 0.25) is 0 Å². The molecule has 3 aromatic rings. The van der Waals surface area contributed by atoms with Gasteiger partial charge in [0, 0.05) is 31.5 Å². The molecule has 1 unspecified atom stereocenters. The van der Waals surface area contributed by atoms with Crippen molar-refractivity contribution in [3.63, 3.8) is 0 Å². The number of nitrogens with zero attached hydrogens (tertiary/aromatic N) is 3. The zero-order chi connectivity index (χ0) is 17.1. The summed E-state index contributed by atoms with van der Waals surface area (Å²) in [5.74, 6) is -1.23. The lowest BCUT2D eigenvalue weighted by atomic mass is 10.00. The van der Waals surface area contributed by atoms with Crippen LogP contribution >= 0.6 is 0 Å². The van der Waals surface area contributed by atoms with Gasteiger partial charge in [-0.15, -0.1) is 0 Å². The highest BCUT2D eigenvalue weighted by molar-refractivity contribution is 5.67. The van der Waals surface area contributed by atoms with E-state index in [0.29, 0.717) is 24.3 Å². The Kier molecular flexibility index (Phi) is 4.71. The van der Waals surface area contributed by atoms with E-state index in [0.717, 1.165) is 23.3 Å². The summed E-state index contributed by atoms with van der Waals surface area (Å²) in [5.41, 5.74) is 2.37. The van der Waals surface area contributed by atoms with Crippen LogP contribution in [-0.2, 0) is 6.42 Å². The molecule has 1 atom stereocenters. The Labute approximate surface area is 138 Å². The predicted molar refractivity (Wildman–Crippen MR) is 86.9 cm³/mol. The van der Waals surface area contributed by atoms with Crippen molar-refractivity contribution in [3.8, 4) is 0 Å². The predicted octanol–water partition coefficient (Wildman–Crippen LogP) is 2.58. The third kappa shape index (κ3) is 3.51. The summed E-state index contributed by atoms with van der Waals surface area (Å²) in [5, 5.41) is 17.1. The van der Waals surface area contributed by atoms with Crippen molar-refractivity contribution in [3.05, 3.63) is 59.6 Å². The number of aliphatic hydroxyl groups is 1. The van der Waals surface area contributed by atoms with E-state index in [1.807, 2.05) is 13.0 Å². The number of aliphatic hydroxyl groups excluding tert-OH is 1. The van der Waals surface area contributed by atoms with Crippen LogP contribution in [0.15, 0.2) is 36.7 Å². The lowest BCUT2D eigenvalue weighted by Crippen LogP contribution is -2.21. The number of benzene rings is 1. The van der Waals surface area contributed by atoms with Crippen molar-refractivity contribution >= 4 is 11.3 Å². The summed E-state index contributed by atoms with van der Waals surface area (Å²) in [6.07, 6.45) is 3.84. The van der Waals surface area contributed by atoms with Crippen LogP contribution in [0.1, 0.15) is 11.3 Å². The van der Waals surface area contributed by atoms with E-state index < -0.39 is 11.6 Å². The molecule has 0 bridgehead atoms. The first-order valence-corrected chi connectivity index (χ1v) is 7.66. The first-order chi connectivity index (χ1) is 11.6. The van der Waals surface area contributed by atoms with E-state index in [9.17, 15) is 13.9 Å². The van der Waals surface area contributed by atoms with Crippen molar-refractivity contribution < 1.29 is 13.9 Å². The number of nitrogens with one attached hydrogen (secondary N) is 1. The van der Waals surface area contributed by atoms with Gasteiger partial charge in [0.25, 0.3) is 0 Å². The highest BCUT2D eigenvalue weighted by Gasteiger charge is 2.12. The summed E-state index contributed by atoms with van der Waals surface area (Å²) >= 11 is 0. The van der Waals surface area contributed by atoms with Crippen molar-refractivity contribution in [2.45, 2.75) is 13.3 Å². The van der Waals surface area contributed by atoms with Gasteiger partial charge in [-0.05, 0) is 37.1 Å². The summed E-state index contributed by atoms with van der Waals surface area (Å²) < 4.78 is 28.0. The Balaban J connectivity index is 1.70. The molecule has 1 aromatic carbocycles. The molecule has 0 aliphatic carbocycles. The molecule has 126 valence electrons. The van der Waals surface area contributed by atoms with E-state index in [-0.39, 0.29) is 12.5 Å². The van der Waals surface area contributed by atoms with E-state index in [4.69, 9.17) is 0 Å². The summed E-state index contributed by atoms with van der Waals surface area (Å²) in [7, 11) is 0. The maximum absolute atomic E-state index is 13.3. The molecule has 2 aromatic heterocycles. The van der Waals surface area contributed by atoms with Crippen molar-refractivity contribution in [1.82, 2.24) is 14.6 Å². The smallest absolute Gasteiger partial charge is 0.159 e. The molecule has 2 heterocycles. The van der Waals surface area contributed by atoms with Crippen molar-refractivity contribution in [1.29, 1.82) is 0 Å². The average Bonchev–Trinajstić information content (AvgIpc) is 2.95. The normalized spacial score (nSPS) is 12.5. The second-order valence-electron chi connectivity index (χ2n) is 5.77. The fraction of sp³-hybridized carbons (Fsp3) is 0.294. The molecule has 2 N–H and O–H groups in total. The van der Waals surface area contributed by atoms with Crippen LogP contribution < -0.4 is 5.32 Å². The third-order valence-electron chi connectivity index (χ3n) is 3.84. The minimum atomic E-state index is -0.877. The number of hydrogen-bond acceptors (Lipinski definition) is 4. The average molecular weight is 332 g/mol. The molecule has 0 aliphatic rings. The van der Waals surface area contributed by atoms with Crippen LogP contribution in [-0.4, -0.2) is 32.9 Å². The Morgan fingerprint density at radius 3 is 2.83 bits per heavy atom. The first-order valence-electron chi connectivity index (χ1n) is 7.66. The molecule has 0 saturated heterocycles. The lowest BCUT2D eigenvalue weighted by Gasteiger charge is -2.16. The third-order valence-corrected chi connectivity index (χ3v) is 3.84. The molecule has 7 heteroatoms. The SMILES string of the molecule is Cc1cc2c(NCC(CO)Cc3ccc(F)c(F)c3)nccn2n1. The Hall–Kier alpha value is -2.54. The minimum Gasteiger partial charge on any atom is -0.396 e. The van der Waals surface area contributed by atoms with Crippen LogP contribution in [0.3, 0.4) is 0 Å². The van der Waals surface area contributed by atoms with Gasteiger partial charge in [-0.25, -0.2) is 18.3 Å². The standard InChI is InChI=1S/C17H18F2N4O/c1-11-6-16-17(20-4-5-23(16)22-11)21-9-13(10-24)7-12-2-3-14(18)15(19)8-12/h2-6,8,13,24H,7,9-10H2,1H3,(H,20,21). The second kappa shape index (κ2) is 6.92. The Morgan fingerprint density at radius 1 is 1.25 bits per heavy atom. The molecule has 5 nitrogen and oxygen atoms in total. The van der Waals surface area contributed by atoms with Crippen LogP contribution in [0.25, 0.3) is 5.52 Å². The zero-order valence-electron chi connectivity index (χ0n) is 13.2. The van der Waals surface area contributed by atoms with Gasteiger partial charge >= 0.3 is 0 Å². The number of anilines is 1. The second-order valence-corrected chi connectivity index (χ2v) is 5.77. The Bertz CT molecular complexity index is 850. The number of halogens is 2. The molecule has 0 fully saturated rings. The highest BCUT2D eigenvalue weighted by Crippen LogP contribution is 2.17. The summed E-state index contributed by atoms with van der Waals surface area (Å²) in [6.45, 7) is 2.27. The van der Waals surface area contributed by atoms with E-state index in [1.54, 1.807) is 16.9 Å². The van der Waals surface area contributed by atoms with Crippen LogP contribution in [0.5, 0.6) is 0 Å². The van der Waals surface area contributed by atoms with Crippen molar-refractivity contribution in [2.75, 3.05) is 18.5 Å². The number of aryl methyl sites for hydroxylation is 1. The molecule has 0 spiro atoms. The molecular weight excluding hydrogens is 314 g/mol. The molecule has 0 amide bonds. The Morgan fingerprint density at radius 2 is 2.08 bits per heavy atom. The van der Waals surface area contributed by atoms with Gasteiger partial charge in [-0.3, -0.25) is 0 Å². The number of aromatic nitrogens is 3. The van der Waals surface area contributed by atoms with E-state index in [1.165, 1.54) is 6.07 Å². The quantitative estimate of drug-likeness (QED) is 0.728. The van der Waals surface area contributed by atoms with E-state index in [2.05, 4.69) is 15.4 Å². The lowest BCUT2D eigenvalue weighted by molar-refractivity contribution is 0.232. The largest absolute Gasteiger partial charge is 0.396 e. The monoisotopic (exact) mass is 332 g/mol. The van der Waals surface area contributed by atoms with Gasteiger partial charge < -0.3 is 10.4 Å². The van der Waals surface area contributed by atoms with Crippen LogP contribution in [0.4, 0.5) is 14.6 Å². The molecule has 24 heavy (non-hydrogen) atoms. The molecule has 0 radical (unpaired) electrons. The fourth-order valence-electron chi connectivity index (χ4n) is 2.62. The maximum Gasteiger partial charge on any atom is 0.159 e. The number of fused-ring (bicyclic) bond motifs is 1. The van der Waals surface area contributed by atoms with Gasteiger partial charge in [0.15, 0.2) is 17.5 Å². The first kappa shape index (κ1) is 16.3. The molecular formula is C17H18F2N4O. The summed E-state index contributed by atoms with van der Waals surface area (Å²) in [6, 6.07) is 5.71. The van der Waals surface area contributed by atoms with E-state index >= 15 is 0 Å². The zero-order valence-corrected chi connectivity index (χ0v) is 13.2. The minimum absolute atomic E-state index is 0.0760. The van der Waals surface area contributed by atoms with Gasteiger partial charge in [0.05, 0.1) is 5.69 Å². The number of rotatable bonds is 6. The molecule has 0 saturated carbocycles. The van der Waals surface area contributed by atoms with Gasteiger partial charge in [-0.1, -0.05) is 6.07 Å². The molecule has 3 rings (SSSR count). The van der Waals surface area contributed by atoms with Crippen LogP contribution in [0.2, 0.25) is 0 Å². The molecule has 0 aliphatic heterocycles. The highest BCUT2D eigenvalue weighted by atomic mass is 19.2. The van der Waals surface area contributed by atoms with Gasteiger partial charge in [0.1, 0.15) is 5.52 Å². The number of hydrogen-bond donors (Lipinski definition) is 2. The van der Waals surface area contributed by atoms with Gasteiger partial charge in [-0.2, -0.15) is 5.10 Å². The summed E-state index contributed by atoms with van der Waals surface area (Å²) in [4.78, 5) is 4.30. The topological polar surface area (TPSA) is 62.5 Å². The van der Waals surface area contributed by atoms with Crippen molar-refractivity contribution in [2.24, 2.45) is 5.92 Å².